The largest absolute Gasteiger partial charge is 0.465 e. The average molecular weight is 437 g/mol. The summed E-state index contributed by atoms with van der Waals surface area (Å²) in [6, 6.07) is 13.4. The molecule has 11 nitrogen and oxygen atoms in total. The molecule has 3 aromatic rings. The molecule has 164 valence electrons. The van der Waals surface area contributed by atoms with Crippen molar-refractivity contribution in [3.8, 4) is 0 Å². The fraction of sp³-hybridized carbons (Fsp3) is 0.143. The molecule has 32 heavy (non-hydrogen) atoms. The summed E-state index contributed by atoms with van der Waals surface area (Å²) in [5.74, 6) is -1.51. The number of carbonyl (C=O) groups is 2. The van der Waals surface area contributed by atoms with Crippen LogP contribution in [-0.4, -0.2) is 41.0 Å². The summed E-state index contributed by atoms with van der Waals surface area (Å²) in [4.78, 5) is 43.1. The number of anilines is 3. The standard InChI is InChI=1S/C21H19N5O6/c1-31-20(27)14-8-15(21(28)32-2)10-16(9-14)25-19-17(26(29)30)18(23-12-24-19)22-11-13-6-4-3-5-7-13/h3-10,12H,11H2,1-2H3,(H2,22,23,24,25). The Labute approximate surface area is 182 Å². The van der Waals surface area contributed by atoms with Crippen molar-refractivity contribution in [3.05, 3.63) is 81.7 Å². The van der Waals surface area contributed by atoms with E-state index in [0.29, 0.717) is 6.54 Å². The van der Waals surface area contributed by atoms with Crippen molar-refractivity contribution in [1.29, 1.82) is 0 Å². The minimum absolute atomic E-state index is 0.00802. The van der Waals surface area contributed by atoms with Gasteiger partial charge in [0.1, 0.15) is 6.33 Å². The first-order chi connectivity index (χ1) is 15.4. The number of esters is 2. The van der Waals surface area contributed by atoms with Crippen molar-refractivity contribution < 1.29 is 24.0 Å². The third-order valence-corrected chi connectivity index (χ3v) is 4.35. The number of hydrogen-bond donors (Lipinski definition) is 2. The van der Waals surface area contributed by atoms with Crippen LogP contribution in [0.5, 0.6) is 0 Å². The maximum absolute atomic E-state index is 12.0. The lowest BCUT2D eigenvalue weighted by Gasteiger charge is -2.12. The number of hydrogen-bond acceptors (Lipinski definition) is 10. The fourth-order valence-corrected chi connectivity index (χ4v) is 2.86. The summed E-state index contributed by atoms with van der Waals surface area (Å²) in [6.07, 6.45) is 1.16. The Bertz CT molecular complexity index is 1120. The Morgan fingerprint density at radius 3 is 2.12 bits per heavy atom. The Hall–Kier alpha value is -4.54. The van der Waals surface area contributed by atoms with Crippen LogP contribution in [0.15, 0.2) is 54.9 Å². The van der Waals surface area contributed by atoms with E-state index in [9.17, 15) is 19.7 Å². The van der Waals surface area contributed by atoms with Crippen LogP contribution in [0.25, 0.3) is 0 Å². The van der Waals surface area contributed by atoms with Crippen LogP contribution in [-0.2, 0) is 16.0 Å². The van der Waals surface area contributed by atoms with Gasteiger partial charge in [-0.3, -0.25) is 10.1 Å². The van der Waals surface area contributed by atoms with Crippen molar-refractivity contribution in [3.63, 3.8) is 0 Å². The molecule has 11 heteroatoms. The predicted molar refractivity (Wildman–Crippen MR) is 115 cm³/mol. The van der Waals surface area contributed by atoms with E-state index in [1.54, 1.807) is 0 Å². The number of carbonyl (C=O) groups excluding carboxylic acids is 2. The molecule has 0 amide bonds. The molecule has 1 heterocycles. The van der Waals surface area contributed by atoms with Gasteiger partial charge in [-0.25, -0.2) is 19.6 Å². The van der Waals surface area contributed by atoms with Crippen LogP contribution in [0, 0.1) is 10.1 Å². The number of nitrogens with one attached hydrogen (secondary N) is 2. The number of nitro groups is 1. The molecule has 3 rings (SSSR count). The first-order valence-corrected chi connectivity index (χ1v) is 9.29. The van der Waals surface area contributed by atoms with Gasteiger partial charge in [-0.2, -0.15) is 0 Å². The van der Waals surface area contributed by atoms with Gasteiger partial charge in [0.15, 0.2) is 0 Å². The third kappa shape index (κ3) is 5.14. The topological polar surface area (TPSA) is 146 Å². The SMILES string of the molecule is COC(=O)c1cc(Nc2ncnc(NCc3ccccc3)c2[N+](=O)[O-])cc(C(=O)OC)c1. The Morgan fingerprint density at radius 2 is 1.56 bits per heavy atom. The van der Waals surface area contributed by atoms with Crippen LogP contribution in [0.4, 0.5) is 23.0 Å². The minimum atomic E-state index is -0.693. The molecule has 0 aliphatic heterocycles. The Kier molecular flexibility index (Phi) is 6.91. The third-order valence-electron chi connectivity index (χ3n) is 4.35. The first-order valence-electron chi connectivity index (χ1n) is 9.29. The first kappa shape index (κ1) is 22.2. The fourth-order valence-electron chi connectivity index (χ4n) is 2.86. The summed E-state index contributed by atoms with van der Waals surface area (Å²) in [5.41, 5.74) is 0.813. The highest BCUT2D eigenvalue weighted by Gasteiger charge is 2.24. The molecule has 2 aromatic carbocycles. The van der Waals surface area contributed by atoms with Gasteiger partial charge < -0.3 is 20.1 Å². The lowest BCUT2D eigenvalue weighted by atomic mass is 10.1. The van der Waals surface area contributed by atoms with E-state index in [1.807, 2.05) is 30.3 Å². The van der Waals surface area contributed by atoms with E-state index < -0.39 is 22.5 Å². The van der Waals surface area contributed by atoms with Gasteiger partial charge in [0, 0.05) is 12.2 Å². The second kappa shape index (κ2) is 9.98. The molecule has 0 radical (unpaired) electrons. The molecule has 0 aliphatic carbocycles. The Balaban J connectivity index is 1.96. The van der Waals surface area contributed by atoms with Gasteiger partial charge in [-0.1, -0.05) is 30.3 Å². The highest BCUT2D eigenvalue weighted by atomic mass is 16.6. The smallest absolute Gasteiger partial charge is 0.353 e. The molecular formula is C21H19N5O6. The molecule has 0 fully saturated rings. The van der Waals surface area contributed by atoms with Crippen LogP contribution >= 0.6 is 0 Å². The van der Waals surface area contributed by atoms with Gasteiger partial charge in [-0.15, -0.1) is 0 Å². The van der Waals surface area contributed by atoms with E-state index in [4.69, 9.17) is 9.47 Å². The molecule has 2 N–H and O–H groups in total. The zero-order chi connectivity index (χ0) is 23.1. The number of nitrogens with zero attached hydrogens (tertiary/aromatic N) is 3. The van der Waals surface area contributed by atoms with E-state index in [2.05, 4.69) is 20.6 Å². The number of ether oxygens (including phenoxy) is 2. The number of methoxy groups -OCH3 is 2. The van der Waals surface area contributed by atoms with Gasteiger partial charge in [0.25, 0.3) is 0 Å². The van der Waals surface area contributed by atoms with Gasteiger partial charge in [-0.05, 0) is 23.8 Å². The van der Waals surface area contributed by atoms with Crippen molar-refractivity contribution in [2.75, 3.05) is 24.9 Å². The van der Waals surface area contributed by atoms with Crippen molar-refractivity contribution in [1.82, 2.24) is 9.97 Å². The molecule has 0 saturated heterocycles. The second-order valence-electron chi connectivity index (χ2n) is 6.42. The van der Waals surface area contributed by atoms with Gasteiger partial charge in [0.05, 0.1) is 30.3 Å². The summed E-state index contributed by atoms with van der Waals surface area (Å²) >= 11 is 0. The second-order valence-corrected chi connectivity index (χ2v) is 6.42. The molecular weight excluding hydrogens is 418 g/mol. The molecule has 0 aliphatic rings. The zero-order valence-electron chi connectivity index (χ0n) is 17.2. The summed E-state index contributed by atoms with van der Waals surface area (Å²) in [7, 11) is 2.39. The normalized spacial score (nSPS) is 10.2. The maximum atomic E-state index is 12.0. The van der Waals surface area contributed by atoms with Crippen molar-refractivity contribution in [2.45, 2.75) is 6.54 Å². The van der Waals surface area contributed by atoms with Crippen LogP contribution in [0.3, 0.4) is 0 Å². The molecule has 0 atom stereocenters. The monoisotopic (exact) mass is 437 g/mol. The van der Waals surface area contributed by atoms with Gasteiger partial charge >= 0.3 is 17.6 Å². The Morgan fingerprint density at radius 1 is 0.969 bits per heavy atom. The molecule has 0 saturated carbocycles. The van der Waals surface area contributed by atoms with Crippen LogP contribution in [0.1, 0.15) is 26.3 Å². The van der Waals surface area contributed by atoms with E-state index in [1.165, 1.54) is 32.4 Å². The van der Waals surface area contributed by atoms with Gasteiger partial charge in [0.2, 0.25) is 11.6 Å². The maximum Gasteiger partial charge on any atom is 0.353 e. The predicted octanol–water partition coefficient (Wildman–Crippen LogP) is 3.31. The highest BCUT2D eigenvalue weighted by Crippen LogP contribution is 2.32. The lowest BCUT2D eigenvalue weighted by molar-refractivity contribution is -0.383. The van der Waals surface area contributed by atoms with E-state index >= 15 is 0 Å². The molecule has 0 spiro atoms. The summed E-state index contributed by atoms with van der Waals surface area (Å²) < 4.78 is 9.40. The minimum Gasteiger partial charge on any atom is -0.465 e. The number of aromatic nitrogens is 2. The van der Waals surface area contributed by atoms with E-state index in [-0.39, 0.29) is 28.5 Å². The van der Waals surface area contributed by atoms with Crippen molar-refractivity contribution >= 4 is 34.9 Å². The molecule has 0 unspecified atom stereocenters. The molecule has 0 bridgehead atoms. The summed E-state index contributed by atoms with van der Waals surface area (Å²) in [5, 5.41) is 17.5. The van der Waals surface area contributed by atoms with E-state index in [0.717, 1.165) is 11.9 Å². The zero-order valence-corrected chi connectivity index (χ0v) is 17.2. The number of benzene rings is 2. The number of rotatable bonds is 8. The highest BCUT2D eigenvalue weighted by molar-refractivity contribution is 5.97. The summed E-state index contributed by atoms with van der Waals surface area (Å²) in [6.45, 7) is 0.308. The van der Waals surface area contributed by atoms with Crippen molar-refractivity contribution in [2.24, 2.45) is 0 Å². The lowest BCUT2D eigenvalue weighted by Crippen LogP contribution is -2.10. The average Bonchev–Trinajstić information content (AvgIpc) is 2.81. The van der Waals surface area contributed by atoms with Crippen LogP contribution in [0.2, 0.25) is 0 Å². The quantitative estimate of drug-likeness (QED) is 0.306. The molecule has 1 aromatic heterocycles. The van der Waals surface area contributed by atoms with Crippen LogP contribution < -0.4 is 10.6 Å².